The minimum absolute atomic E-state index is 0.0577. The average Bonchev–Trinajstić information content (AvgIpc) is 2.46. The Kier molecular flexibility index (Phi) is 6.64. The lowest BCUT2D eigenvalue weighted by molar-refractivity contribution is -0.121. The number of ether oxygens (including phenoxy) is 1. The van der Waals surface area contributed by atoms with Crippen LogP contribution in [0.2, 0.25) is 0 Å². The first kappa shape index (κ1) is 17.5. The number of hydrogen-bond acceptors (Lipinski definition) is 4. The first-order valence-corrected chi connectivity index (χ1v) is 7.30. The van der Waals surface area contributed by atoms with Crippen molar-refractivity contribution in [3.63, 3.8) is 0 Å². The monoisotopic (exact) mass is 357 g/mol. The molecule has 0 bridgehead atoms. The minimum atomic E-state index is -0.520. The van der Waals surface area contributed by atoms with E-state index in [1.807, 2.05) is 25.1 Å². The van der Waals surface area contributed by atoms with E-state index in [1.54, 1.807) is 14.0 Å². The van der Waals surface area contributed by atoms with Crippen LogP contribution in [0.5, 0.6) is 5.75 Å². The number of imide groups is 1. The molecule has 3 amide bonds. The molecule has 3 N–H and O–H groups in total. The third-order valence-corrected chi connectivity index (χ3v) is 3.65. The zero-order valence-electron chi connectivity index (χ0n) is 12.5. The molecule has 116 valence electrons. The highest BCUT2D eigenvalue weighted by molar-refractivity contribution is 9.10. The molecule has 0 saturated heterocycles. The third kappa shape index (κ3) is 5.02. The van der Waals surface area contributed by atoms with Crippen molar-refractivity contribution in [2.24, 2.45) is 0 Å². The molecular formula is C14H20BrN3O3. The summed E-state index contributed by atoms with van der Waals surface area (Å²) in [5.74, 6) is 0.366. The van der Waals surface area contributed by atoms with Crippen molar-refractivity contribution >= 4 is 27.9 Å². The summed E-state index contributed by atoms with van der Waals surface area (Å²) >= 11 is 3.43. The first-order chi connectivity index (χ1) is 9.88. The molecular weight excluding hydrogens is 338 g/mol. The average molecular weight is 358 g/mol. The van der Waals surface area contributed by atoms with E-state index in [9.17, 15) is 9.59 Å². The number of rotatable bonds is 5. The van der Waals surface area contributed by atoms with Gasteiger partial charge in [0.15, 0.2) is 0 Å². The number of hydrogen-bond donors (Lipinski definition) is 3. The van der Waals surface area contributed by atoms with E-state index in [4.69, 9.17) is 4.74 Å². The van der Waals surface area contributed by atoms with E-state index in [2.05, 4.69) is 31.9 Å². The van der Waals surface area contributed by atoms with Gasteiger partial charge < -0.3 is 10.1 Å². The van der Waals surface area contributed by atoms with E-state index in [-0.39, 0.29) is 11.9 Å². The van der Waals surface area contributed by atoms with Crippen molar-refractivity contribution in [2.75, 3.05) is 14.2 Å². The Morgan fingerprint density at radius 3 is 2.48 bits per heavy atom. The van der Waals surface area contributed by atoms with Crippen molar-refractivity contribution in [3.8, 4) is 5.75 Å². The normalized spacial score (nSPS) is 13.2. The summed E-state index contributed by atoms with van der Waals surface area (Å²) in [5.41, 5.74) is 1.00. The number of benzene rings is 1. The molecule has 6 nitrogen and oxygen atoms in total. The fraction of sp³-hybridized carbons (Fsp3) is 0.429. The van der Waals surface area contributed by atoms with Crippen LogP contribution in [0.3, 0.4) is 0 Å². The van der Waals surface area contributed by atoms with Gasteiger partial charge in [-0.25, -0.2) is 4.79 Å². The summed E-state index contributed by atoms with van der Waals surface area (Å²) in [6, 6.07) is 4.63. The van der Waals surface area contributed by atoms with Gasteiger partial charge >= 0.3 is 6.03 Å². The first-order valence-electron chi connectivity index (χ1n) is 6.51. The van der Waals surface area contributed by atoms with Crippen LogP contribution < -0.4 is 20.7 Å². The van der Waals surface area contributed by atoms with Crippen LogP contribution in [0, 0.1) is 0 Å². The van der Waals surface area contributed by atoms with Gasteiger partial charge in [-0.3, -0.25) is 15.4 Å². The second kappa shape index (κ2) is 7.99. The van der Waals surface area contributed by atoms with Crippen molar-refractivity contribution < 1.29 is 14.3 Å². The second-order valence-electron chi connectivity index (χ2n) is 4.57. The second-order valence-corrected chi connectivity index (χ2v) is 5.43. The van der Waals surface area contributed by atoms with Crippen LogP contribution in [-0.2, 0) is 4.79 Å². The van der Waals surface area contributed by atoms with E-state index >= 15 is 0 Å². The highest BCUT2D eigenvalue weighted by Gasteiger charge is 2.18. The number of carbonyl (C=O) groups excluding carboxylic acids is 2. The quantitative estimate of drug-likeness (QED) is 0.752. The molecule has 21 heavy (non-hydrogen) atoms. The highest BCUT2D eigenvalue weighted by Crippen LogP contribution is 2.28. The number of carbonyl (C=O) groups is 2. The zero-order chi connectivity index (χ0) is 16.0. The third-order valence-electron chi connectivity index (χ3n) is 3.03. The maximum Gasteiger partial charge on any atom is 0.321 e. The van der Waals surface area contributed by atoms with Crippen LogP contribution in [0.15, 0.2) is 22.7 Å². The predicted octanol–water partition coefficient (Wildman–Crippen LogP) is 1.95. The molecule has 0 aliphatic rings. The summed E-state index contributed by atoms with van der Waals surface area (Å²) in [5, 5.41) is 7.71. The number of amides is 3. The van der Waals surface area contributed by atoms with Gasteiger partial charge in [-0.15, -0.1) is 0 Å². The lowest BCUT2D eigenvalue weighted by Crippen LogP contribution is -2.47. The molecule has 0 radical (unpaired) electrons. The number of methoxy groups -OCH3 is 1. The van der Waals surface area contributed by atoms with E-state index in [1.165, 1.54) is 7.05 Å². The number of halogens is 1. The molecule has 1 aromatic rings. The maximum atomic E-state index is 11.8. The molecule has 0 fully saturated rings. The molecule has 1 rings (SSSR count). The summed E-state index contributed by atoms with van der Waals surface area (Å²) in [7, 11) is 3.06. The minimum Gasteiger partial charge on any atom is -0.496 e. The largest absolute Gasteiger partial charge is 0.496 e. The molecule has 0 aromatic heterocycles. The summed E-state index contributed by atoms with van der Waals surface area (Å²) < 4.78 is 6.03. The van der Waals surface area contributed by atoms with Gasteiger partial charge in [-0.05, 0) is 47.5 Å². The van der Waals surface area contributed by atoms with Gasteiger partial charge in [-0.2, -0.15) is 0 Å². The van der Waals surface area contributed by atoms with Gasteiger partial charge in [0.05, 0.1) is 17.6 Å². The molecule has 0 aliphatic carbocycles. The smallest absolute Gasteiger partial charge is 0.321 e. The van der Waals surface area contributed by atoms with Crippen molar-refractivity contribution in [2.45, 2.75) is 25.9 Å². The molecule has 7 heteroatoms. The van der Waals surface area contributed by atoms with Crippen molar-refractivity contribution in [3.05, 3.63) is 28.2 Å². The highest BCUT2D eigenvalue weighted by atomic mass is 79.9. The molecule has 2 atom stereocenters. The Balaban J connectivity index is 2.67. The van der Waals surface area contributed by atoms with Gasteiger partial charge in [-0.1, -0.05) is 6.07 Å². The summed E-state index contributed by atoms with van der Waals surface area (Å²) in [6.45, 7) is 3.64. The van der Waals surface area contributed by atoms with Crippen LogP contribution in [0.25, 0.3) is 0 Å². The van der Waals surface area contributed by atoms with Crippen LogP contribution in [-0.4, -0.2) is 32.1 Å². The van der Waals surface area contributed by atoms with E-state index in [0.717, 1.165) is 15.8 Å². The van der Waals surface area contributed by atoms with Gasteiger partial charge in [0.1, 0.15) is 5.75 Å². The molecule has 0 aliphatic heterocycles. The lowest BCUT2D eigenvalue weighted by Gasteiger charge is -2.20. The van der Waals surface area contributed by atoms with E-state index in [0.29, 0.717) is 0 Å². The predicted molar refractivity (Wildman–Crippen MR) is 84.3 cm³/mol. The molecule has 0 spiro atoms. The van der Waals surface area contributed by atoms with Crippen molar-refractivity contribution in [1.29, 1.82) is 0 Å². The fourth-order valence-corrected chi connectivity index (χ4v) is 2.34. The number of nitrogens with one attached hydrogen (secondary N) is 3. The van der Waals surface area contributed by atoms with Gasteiger partial charge in [0, 0.05) is 13.1 Å². The maximum absolute atomic E-state index is 11.8. The topological polar surface area (TPSA) is 79.5 Å². The molecule has 0 heterocycles. The SMILES string of the molecule is CNC(=O)NC(=O)[C@@H](C)N[C@@H](C)c1ccc(OC)c(Br)c1. The number of urea groups is 1. The molecule has 0 unspecified atom stereocenters. The Hall–Kier alpha value is -1.60. The van der Waals surface area contributed by atoms with Gasteiger partial charge in [0.2, 0.25) is 5.91 Å². The fourth-order valence-electron chi connectivity index (χ4n) is 1.78. The zero-order valence-corrected chi connectivity index (χ0v) is 14.1. The Labute approximate surface area is 132 Å². The van der Waals surface area contributed by atoms with Crippen LogP contribution in [0.4, 0.5) is 4.79 Å². The lowest BCUT2D eigenvalue weighted by atomic mass is 10.1. The Morgan fingerprint density at radius 2 is 1.95 bits per heavy atom. The van der Waals surface area contributed by atoms with E-state index < -0.39 is 12.1 Å². The van der Waals surface area contributed by atoms with Crippen molar-refractivity contribution in [1.82, 2.24) is 16.0 Å². The molecule has 0 saturated carbocycles. The standard InChI is InChI=1S/C14H20BrN3O3/c1-8(10-5-6-12(21-4)11(15)7-10)17-9(2)13(19)18-14(20)16-3/h5-9,17H,1-4H3,(H2,16,18,19,20)/t8-,9+/m0/s1. The Morgan fingerprint density at radius 1 is 1.29 bits per heavy atom. The molecule has 1 aromatic carbocycles. The Bertz CT molecular complexity index is 522. The van der Waals surface area contributed by atoms with Crippen LogP contribution in [0.1, 0.15) is 25.5 Å². The summed E-state index contributed by atoms with van der Waals surface area (Å²) in [6.07, 6.45) is 0. The summed E-state index contributed by atoms with van der Waals surface area (Å²) in [4.78, 5) is 22.9. The van der Waals surface area contributed by atoms with Crippen LogP contribution >= 0.6 is 15.9 Å². The van der Waals surface area contributed by atoms with Gasteiger partial charge in [0.25, 0.3) is 0 Å².